The van der Waals surface area contributed by atoms with E-state index in [2.05, 4.69) is 29.4 Å². The Morgan fingerprint density at radius 3 is 2.58 bits per heavy atom. The van der Waals surface area contributed by atoms with Crippen LogP contribution in [0.3, 0.4) is 0 Å². The molecular formula is C19H20Cl2N2O. The highest BCUT2D eigenvalue weighted by molar-refractivity contribution is 6.36. The lowest BCUT2D eigenvalue weighted by Crippen LogP contribution is -2.55. The number of hydrogen-bond acceptors (Lipinski definition) is 2. The van der Waals surface area contributed by atoms with Crippen LogP contribution < -0.4 is 5.32 Å². The minimum Gasteiger partial charge on any atom is -0.341 e. The van der Waals surface area contributed by atoms with E-state index in [1.165, 1.54) is 0 Å². The first-order valence-electron chi connectivity index (χ1n) is 8.02. The molecule has 1 N–H and O–H groups in total. The summed E-state index contributed by atoms with van der Waals surface area (Å²) in [6.07, 6.45) is 1.93. The number of likely N-dealkylation sites (N-methyl/N-ethyl adjacent to an activating group) is 1. The van der Waals surface area contributed by atoms with Crippen molar-refractivity contribution in [3.8, 4) is 0 Å². The molecular weight excluding hydrogens is 343 g/mol. The van der Waals surface area contributed by atoms with Crippen molar-refractivity contribution in [3.05, 3.63) is 69.7 Å². The average Bonchev–Trinajstić information content (AvgIpc) is 2.55. The van der Waals surface area contributed by atoms with Gasteiger partial charge >= 0.3 is 0 Å². The summed E-state index contributed by atoms with van der Waals surface area (Å²) in [7, 11) is 2.08. The van der Waals surface area contributed by atoms with Crippen molar-refractivity contribution in [3.63, 3.8) is 0 Å². The van der Waals surface area contributed by atoms with Gasteiger partial charge in [0.25, 0.3) is 5.91 Å². The molecule has 5 heteroatoms. The Labute approximate surface area is 152 Å². The predicted molar refractivity (Wildman–Crippen MR) is 98.8 cm³/mol. The van der Waals surface area contributed by atoms with Crippen LogP contribution in [0, 0.1) is 0 Å². The molecule has 1 atom stereocenters. The van der Waals surface area contributed by atoms with Gasteiger partial charge in [0.05, 0.1) is 16.1 Å². The van der Waals surface area contributed by atoms with Gasteiger partial charge in [-0.3, -0.25) is 4.79 Å². The highest BCUT2D eigenvalue weighted by Gasteiger charge is 2.37. The molecule has 0 radical (unpaired) electrons. The first-order chi connectivity index (χ1) is 11.5. The van der Waals surface area contributed by atoms with Crippen molar-refractivity contribution in [2.45, 2.75) is 18.4 Å². The first-order valence-corrected chi connectivity index (χ1v) is 8.77. The van der Waals surface area contributed by atoms with Crippen molar-refractivity contribution >= 4 is 29.1 Å². The highest BCUT2D eigenvalue weighted by atomic mass is 35.5. The van der Waals surface area contributed by atoms with Crippen LogP contribution >= 0.6 is 23.2 Å². The molecule has 1 saturated heterocycles. The minimum absolute atomic E-state index is 0.171. The van der Waals surface area contributed by atoms with E-state index < -0.39 is 5.54 Å². The SMILES string of the molecule is CN1CCCC(NC(=O)c2ccc(Cl)cc2Cl)(c2ccccc2)C1. The second-order valence-electron chi connectivity index (χ2n) is 6.37. The highest BCUT2D eigenvalue weighted by Crippen LogP contribution is 2.32. The van der Waals surface area contributed by atoms with Gasteiger partial charge in [0, 0.05) is 11.6 Å². The molecule has 0 saturated carbocycles. The van der Waals surface area contributed by atoms with Crippen LogP contribution in [0.2, 0.25) is 10.0 Å². The Hall–Kier alpha value is -1.55. The van der Waals surface area contributed by atoms with Gasteiger partial charge in [0.1, 0.15) is 0 Å². The summed E-state index contributed by atoms with van der Waals surface area (Å²) in [5.74, 6) is -0.171. The van der Waals surface area contributed by atoms with E-state index in [0.717, 1.165) is 31.5 Å². The predicted octanol–water partition coefficient (Wildman–Crippen LogP) is 4.34. The monoisotopic (exact) mass is 362 g/mol. The number of likely N-dealkylation sites (tertiary alicyclic amines) is 1. The fourth-order valence-electron chi connectivity index (χ4n) is 3.39. The number of halogens is 2. The molecule has 3 rings (SSSR count). The van der Waals surface area contributed by atoms with E-state index in [4.69, 9.17) is 23.2 Å². The van der Waals surface area contributed by atoms with E-state index in [1.807, 2.05) is 18.2 Å². The molecule has 1 fully saturated rings. The second kappa shape index (κ2) is 7.14. The van der Waals surface area contributed by atoms with Gasteiger partial charge in [-0.05, 0) is 50.2 Å². The van der Waals surface area contributed by atoms with Crippen LogP contribution in [-0.2, 0) is 5.54 Å². The lowest BCUT2D eigenvalue weighted by Gasteiger charge is -2.42. The summed E-state index contributed by atoms with van der Waals surface area (Å²) in [6, 6.07) is 15.1. The number of rotatable bonds is 3. The molecule has 1 unspecified atom stereocenters. The topological polar surface area (TPSA) is 32.3 Å². The van der Waals surface area contributed by atoms with Gasteiger partial charge < -0.3 is 10.2 Å². The van der Waals surface area contributed by atoms with Crippen molar-refractivity contribution < 1.29 is 4.79 Å². The summed E-state index contributed by atoms with van der Waals surface area (Å²) >= 11 is 12.1. The van der Waals surface area contributed by atoms with Gasteiger partial charge in [-0.1, -0.05) is 53.5 Å². The molecule has 0 bridgehead atoms. The van der Waals surface area contributed by atoms with Crippen LogP contribution in [-0.4, -0.2) is 30.9 Å². The summed E-state index contributed by atoms with van der Waals surface area (Å²) in [6.45, 7) is 1.81. The zero-order valence-electron chi connectivity index (χ0n) is 13.6. The molecule has 2 aromatic rings. The molecule has 1 aliphatic rings. The standard InChI is InChI=1S/C19H20Cl2N2O/c1-23-11-5-10-19(13-23,14-6-3-2-4-7-14)22-18(24)16-9-8-15(20)12-17(16)21/h2-4,6-9,12H,5,10-11,13H2,1H3,(H,22,24). The molecule has 0 aliphatic carbocycles. The van der Waals surface area contributed by atoms with Crippen LogP contribution in [0.1, 0.15) is 28.8 Å². The molecule has 0 spiro atoms. The maximum Gasteiger partial charge on any atom is 0.253 e. The largest absolute Gasteiger partial charge is 0.341 e. The Bertz CT molecular complexity index is 735. The fourth-order valence-corrected chi connectivity index (χ4v) is 3.89. The lowest BCUT2D eigenvalue weighted by atomic mass is 9.82. The number of carbonyl (C=O) groups is 1. The van der Waals surface area contributed by atoms with E-state index >= 15 is 0 Å². The number of amides is 1. The summed E-state index contributed by atoms with van der Waals surface area (Å²) in [4.78, 5) is 15.1. The van der Waals surface area contributed by atoms with Crippen LogP contribution in [0.4, 0.5) is 0 Å². The first kappa shape index (κ1) is 17.3. The number of nitrogens with one attached hydrogen (secondary N) is 1. The van der Waals surface area contributed by atoms with Crippen molar-refractivity contribution in [1.29, 1.82) is 0 Å². The number of nitrogens with zero attached hydrogens (tertiary/aromatic N) is 1. The average molecular weight is 363 g/mol. The Morgan fingerprint density at radius 1 is 1.17 bits per heavy atom. The summed E-state index contributed by atoms with van der Waals surface area (Å²) in [5.41, 5.74) is 1.16. The number of carbonyl (C=O) groups excluding carboxylic acids is 1. The Balaban J connectivity index is 1.93. The Kier molecular flexibility index (Phi) is 5.14. The smallest absolute Gasteiger partial charge is 0.253 e. The van der Waals surface area contributed by atoms with Crippen LogP contribution in [0.15, 0.2) is 48.5 Å². The minimum atomic E-state index is -0.408. The molecule has 1 amide bonds. The van der Waals surface area contributed by atoms with Gasteiger partial charge in [-0.2, -0.15) is 0 Å². The van der Waals surface area contributed by atoms with Crippen molar-refractivity contribution in [1.82, 2.24) is 10.2 Å². The van der Waals surface area contributed by atoms with Gasteiger partial charge in [0.15, 0.2) is 0 Å². The third kappa shape index (κ3) is 3.59. The van der Waals surface area contributed by atoms with Crippen molar-refractivity contribution in [2.24, 2.45) is 0 Å². The summed E-state index contributed by atoms with van der Waals surface area (Å²) in [5, 5.41) is 4.14. The molecule has 1 aliphatic heterocycles. The lowest BCUT2D eigenvalue weighted by molar-refractivity contribution is 0.0808. The van der Waals surface area contributed by atoms with E-state index in [-0.39, 0.29) is 5.91 Å². The van der Waals surface area contributed by atoms with Crippen molar-refractivity contribution in [2.75, 3.05) is 20.1 Å². The Morgan fingerprint density at radius 2 is 1.92 bits per heavy atom. The van der Waals surface area contributed by atoms with Crippen LogP contribution in [0.5, 0.6) is 0 Å². The molecule has 24 heavy (non-hydrogen) atoms. The maximum absolute atomic E-state index is 12.9. The normalized spacial score (nSPS) is 21.5. The fraction of sp³-hybridized carbons (Fsp3) is 0.316. The maximum atomic E-state index is 12.9. The van der Waals surface area contributed by atoms with E-state index in [9.17, 15) is 4.79 Å². The van der Waals surface area contributed by atoms with E-state index in [1.54, 1.807) is 18.2 Å². The quantitative estimate of drug-likeness (QED) is 0.880. The number of hydrogen-bond donors (Lipinski definition) is 1. The second-order valence-corrected chi connectivity index (χ2v) is 7.21. The zero-order valence-corrected chi connectivity index (χ0v) is 15.1. The molecule has 126 valence electrons. The molecule has 0 aromatic heterocycles. The third-order valence-corrected chi connectivity index (χ3v) is 5.09. The molecule has 1 heterocycles. The number of piperidine rings is 1. The third-order valence-electron chi connectivity index (χ3n) is 4.54. The van der Waals surface area contributed by atoms with E-state index in [0.29, 0.717) is 15.6 Å². The van der Waals surface area contributed by atoms with Gasteiger partial charge in [-0.15, -0.1) is 0 Å². The van der Waals surface area contributed by atoms with Gasteiger partial charge in [0.2, 0.25) is 0 Å². The zero-order chi connectivity index (χ0) is 17.2. The molecule has 3 nitrogen and oxygen atoms in total. The summed E-state index contributed by atoms with van der Waals surface area (Å²) < 4.78 is 0. The van der Waals surface area contributed by atoms with Gasteiger partial charge in [-0.25, -0.2) is 0 Å². The number of benzene rings is 2. The molecule has 2 aromatic carbocycles. The van der Waals surface area contributed by atoms with Crippen LogP contribution in [0.25, 0.3) is 0 Å².